The predicted octanol–water partition coefficient (Wildman–Crippen LogP) is 1.01. The quantitative estimate of drug-likeness (QED) is 0.513. The van der Waals surface area contributed by atoms with Gasteiger partial charge in [-0.05, 0) is 31.5 Å². The molecule has 1 aromatic carbocycles. The molecule has 1 rings (SSSR count). The van der Waals surface area contributed by atoms with Crippen LogP contribution in [0, 0.1) is 6.92 Å². The molecule has 0 aromatic heterocycles. The Kier molecular flexibility index (Phi) is 11.7. The summed E-state index contributed by atoms with van der Waals surface area (Å²) in [6, 6.07) is 4.17. The maximum Gasteiger partial charge on any atom is 0.335 e. The molecule has 0 aliphatic rings. The highest BCUT2D eigenvalue weighted by Crippen LogP contribution is 2.13. The van der Waals surface area contributed by atoms with Gasteiger partial charge >= 0.3 is 17.9 Å². The molecule has 0 aliphatic carbocycles. The second-order valence-electron chi connectivity index (χ2n) is 4.12. The molecule has 0 saturated carbocycles. The molecule has 0 aliphatic heterocycles. The lowest BCUT2D eigenvalue weighted by Crippen LogP contribution is -2.06. The van der Waals surface area contributed by atoms with Crippen LogP contribution in [-0.4, -0.2) is 56.7 Å². The minimum atomic E-state index is -1.11. The van der Waals surface area contributed by atoms with Crippen LogP contribution in [0.5, 0.6) is 0 Å². The molecule has 0 heterocycles. The standard InChI is InChI=1S/C9H8O4.C4H6O2.C2H6O2/c1-5-6(8(10)11)3-2-4-7(5)9(12)13;1-3(2)4(5)6;3-1-2-4/h2-4H,1H3,(H,10,11)(H,12,13);1H2,2H3,(H,5,6);3-4H,1-2H2. The molecule has 0 atom stereocenters. The van der Waals surface area contributed by atoms with E-state index in [1.807, 2.05) is 0 Å². The van der Waals surface area contributed by atoms with Crippen molar-refractivity contribution in [2.45, 2.75) is 13.8 Å². The van der Waals surface area contributed by atoms with Gasteiger partial charge in [-0.2, -0.15) is 0 Å². The van der Waals surface area contributed by atoms with Crippen LogP contribution in [0.1, 0.15) is 33.2 Å². The van der Waals surface area contributed by atoms with Crippen molar-refractivity contribution in [1.82, 2.24) is 0 Å². The third-order valence-corrected chi connectivity index (χ3v) is 2.26. The third kappa shape index (κ3) is 9.77. The van der Waals surface area contributed by atoms with Crippen LogP contribution in [-0.2, 0) is 4.79 Å². The van der Waals surface area contributed by atoms with Crippen molar-refractivity contribution in [2.24, 2.45) is 0 Å². The summed E-state index contributed by atoms with van der Waals surface area (Å²) < 4.78 is 0. The fourth-order valence-electron chi connectivity index (χ4n) is 1.10. The molecule has 8 nitrogen and oxygen atoms in total. The van der Waals surface area contributed by atoms with Crippen LogP contribution in [0.25, 0.3) is 0 Å². The van der Waals surface area contributed by atoms with Crippen molar-refractivity contribution < 1.29 is 39.9 Å². The number of benzene rings is 1. The number of hydrogen-bond acceptors (Lipinski definition) is 5. The number of carbonyl (C=O) groups is 3. The van der Waals surface area contributed by atoms with Gasteiger partial charge in [0.05, 0.1) is 24.3 Å². The van der Waals surface area contributed by atoms with Crippen LogP contribution in [0.4, 0.5) is 0 Å². The Bertz CT molecular complexity index is 516. The molecule has 0 fully saturated rings. The molecule has 0 amide bonds. The van der Waals surface area contributed by atoms with Crippen LogP contribution in [0.15, 0.2) is 30.4 Å². The summed E-state index contributed by atoms with van der Waals surface area (Å²) in [5.41, 5.74) is 0.511. The number of rotatable bonds is 4. The molecule has 0 unspecified atom stereocenters. The van der Waals surface area contributed by atoms with Crippen LogP contribution >= 0.6 is 0 Å². The molecular weight excluding hydrogens is 308 g/mol. The van der Waals surface area contributed by atoms with E-state index in [0.717, 1.165) is 0 Å². The van der Waals surface area contributed by atoms with Gasteiger partial charge in [0.1, 0.15) is 0 Å². The van der Waals surface area contributed by atoms with E-state index in [1.165, 1.54) is 32.0 Å². The number of aromatic carboxylic acids is 2. The van der Waals surface area contributed by atoms with E-state index in [4.69, 9.17) is 25.5 Å². The van der Waals surface area contributed by atoms with Gasteiger partial charge < -0.3 is 25.5 Å². The Morgan fingerprint density at radius 2 is 1.26 bits per heavy atom. The smallest absolute Gasteiger partial charge is 0.335 e. The zero-order chi connectivity index (χ0) is 18.6. The van der Waals surface area contributed by atoms with Gasteiger partial charge in [-0.15, -0.1) is 0 Å². The summed E-state index contributed by atoms with van der Waals surface area (Å²) >= 11 is 0. The first-order valence-electron chi connectivity index (χ1n) is 6.26. The SMILES string of the molecule is C=C(C)C(=O)O.Cc1c(C(=O)O)cccc1C(=O)O.OCCO. The summed E-state index contributed by atoms with van der Waals surface area (Å²) in [5.74, 6) is -3.16. The van der Waals surface area contributed by atoms with Gasteiger partial charge in [0.25, 0.3) is 0 Å². The van der Waals surface area contributed by atoms with Crippen molar-refractivity contribution in [3.63, 3.8) is 0 Å². The van der Waals surface area contributed by atoms with E-state index in [1.54, 1.807) is 0 Å². The molecule has 0 bridgehead atoms. The fraction of sp³-hybridized carbons (Fsp3) is 0.267. The predicted molar refractivity (Wildman–Crippen MR) is 81.7 cm³/mol. The monoisotopic (exact) mass is 328 g/mol. The first-order chi connectivity index (χ1) is 10.6. The topological polar surface area (TPSA) is 152 Å². The number of hydrogen-bond donors (Lipinski definition) is 5. The van der Waals surface area contributed by atoms with Crippen molar-refractivity contribution in [2.75, 3.05) is 13.2 Å². The Morgan fingerprint density at radius 3 is 1.43 bits per heavy atom. The van der Waals surface area contributed by atoms with Crippen molar-refractivity contribution >= 4 is 17.9 Å². The maximum absolute atomic E-state index is 10.6. The van der Waals surface area contributed by atoms with Crippen LogP contribution in [0.3, 0.4) is 0 Å². The number of aliphatic hydroxyl groups excluding tert-OH is 2. The highest BCUT2D eigenvalue weighted by Gasteiger charge is 2.13. The Morgan fingerprint density at radius 1 is 0.957 bits per heavy atom. The van der Waals surface area contributed by atoms with E-state index >= 15 is 0 Å². The second kappa shape index (κ2) is 11.9. The summed E-state index contributed by atoms with van der Waals surface area (Å²) in [7, 11) is 0. The first-order valence-corrected chi connectivity index (χ1v) is 6.26. The largest absolute Gasteiger partial charge is 0.478 e. The van der Waals surface area contributed by atoms with E-state index in [-0.39, 0.29) is 35.5 Å². The lowest BCUT2D eigenvalue weighted by molar-refractivity contribution is -0.132. The van der Waals surface area contributed by atoms with E-state index in [9.17, 15) is 14.4 Å². The average molecular weight is 328 g/mol. The fourth-order valence-corrected chi connectivity index (χ4v) is 1.10. The highest BCUT2D eigenvalue weighted by molar-refractivity contribution is 5.96. The van der Waals surface area contributed by atoms with Gasteiger partial charge in [0.15, 0.2) is 0 Å². The summed E-state index contributed by atoms with van der Waals surface area (Å²) in [6.07, 6.45) is 0. The third-order valence-electron chi connectivity index (χ3n) is 2.26. The molecule has 5 N–H and O–H groups in total. The van der Waals surface area contributed by atoms with Gasteiger partial charge in [-0.25, -0.2) is 14.4 Å². The van der Waals surface area contributed by atoms with Gasteiger partial charge in [0, 0.05) is 5.57 Å². The zero-order valence-corrected chi connectivity index (χ0v) is 12.8. The first kappa shape index (κ1) is 22.6. The molecular formula is C15H20O8. The van der Waals surface area contributed by atoms with Crippen LogP contribution in [0.2, 0.25) is 0 Å². The van der Waals surface area contributed by atoms with Crippen molar-refractivity contribution in [3.05, 3.63) is 47.0 Å². The molecule has 1 aromatic rings. The van der Waals surface area contributed by atoms with Gasteiger partial charge in [-0.3, -0.25) is 0 Å². The molecule has 0 spiro atoms. The van der Waals surface area contributed by atoms with Crippen molar-refractivity contribution in [3.8, 4) is 0 Å². The molecule has 128 valence electrons. The van der Waals surface area contributed by atoms with E-state index in [2.05, 4.69) is 6.58 Å². The lowest BCUT2D eigenvalue weighted by atomic mass is 10.0. The summed E-state index contributed by atoms with van der Waals surface area (Å²) in [5, 5.41) is 40.5. The maximum atomic E-state index is 10.6. The Balaban J connectivity index is 0. The van der Waals surface area contributed by atoms with E-state index < -0.39 is 17.9 Å². The highest BCUT2D eigenvalue weighted by atomic mass is 16.4. The molecule has 0 radical (unpaired) electrons. The van der Waals surface area contributed by atoms with Crippen molar-refractivity contribution in [1.29, 1.82) is 0 Å². The number of carboxylic acid groups (broad SMARTS) is 3. The number of aliphatic carboxylic acids is 1. The van der Waals surface area contributed by atoms with Crippen LogP contribution < -0.4 is 0 Å². The molecule has 23 heavy (non-hydrogen) atoms. The van der Waals surface area contributed by atoms with Gasteiger partial charge in [0.2, 0.25) is 0 Å². The summed E-state index contributed by atoms with van der Waals surface area (Å²) in [4.78, 5) is 30.8. The number of carboxylic acids is 3. The molecule has 0 saturated heterocycles. The Labute approximate surface area is 132 Å². The molecule has 8 heteroatoms. The normalized spacial score (nSPS) is 8.70. The minimum Gasteiger partial charge on any atom is -0.478 e. The Hall–Kier alpha value is -2.71. The average Bonchev–Trinajstić information content (AvgIpc) is 2.47. The minimum absolute atomic E-state index is 0.0277. The summed E-state index contributed by atoms with van der Waals surface area (Å²) in [6.45, 7) is 5.83. The number of aliphatic hydroxyl groups is 2. The zero-order valence-electron chi connectivity index (χ0n) is 12.8. The second-order valence-corrected chi connectivity index (χ2v) is 4.12. The van der Waals surface area contributed by atoms with E-state index in [0.29, 0.717) is 0 Å². The van der Waals surface area contributed by atoms with Gasteiger partial charge in [-0.1, -0.05) is 12.6 Å². The lowest BCUT2D eigenvalue weighted by Gasteiger charge is -2.03.